The van der Waals surface area contributed by atoms with Crippen molar-refractivity contribution < 1.29 is 9.13 Å². The summed E-state index contributed by atoms with van der Waals surface area (Å²) in [5, 5.41) is 3.19. The van der Waals surface area contributed by atoms with Gasteiger partial charge in [-0.1, -0.05) is 37.1 Å². The van der Waals surface area contributed by atoms with Crippen LogP contribution in [0.3, 0.4) is 0 Å². The van der Waals surface area contributed by atoms with Gasteiger partial charge < -0.3 is 10.1 Å². The van der Waals surface area contributed by atoms with Crippen molar-refractivity contribution in [3.8, 4) is 5.75 Å². The Kier molecular flexibility index (Phi) is 5.81. The van der Waals surface area contributed by atoms with Gasteiger partial charge in [0.05, 0.1) is 19.9 Å². The van der Waals surface area contributed by atoms with Crippen LogP contribution in [0.15, 0.2) is 59.5 Å². The third kappa shape index (κ3) is 4.33. The van der Waals surface area contributed by atoms with Crippen LogP contribution in [0.2, 0.25) is 0 Å². The maximum atomic E-state index is 13.5. The van der Waals surface area contributed by atoms with Crippen LogP contribution in [0.25, 0.3) is 11.2 Å². The fourth-order valence-electron chi connectivity index (χ4n) is 4.50. The highest BCUT2D eigenvalue weighted by Gasteiger charge is 2.25. The zero-order chi connectivity index (χ0) is 22.8. The summed E-state index contributed by atoms with van der Waals surface area (Å²) in [4.78, 5) is 22.7. The first-order chi connectivity index (χ1) is 16.1. The van der Waals surface area contributed by atoms with E-state index < -0.39 is 0 Å². The lowest BCUT2D eigenvalue weighted by atomic mass is 10.2. The molecule has 0 bridgehead atoms. The predicted molar refractivity (Wildman–Crippen MR) is 125 cm³/mol. The molecule has 170 valence electrons. The van der Waals surface area contributed by atoms with E-state index in [0.29, 0.717) is 24.7 Å². The van der Waals surface area contributed by atoms with Gasteiger partial charge in [-0.3, -0.25) is 9.13 Å². The number of nitrogens with zero attached hydrogens (tertiary/aromatic N) is 4. The van der Waals surface area contributed by atoms with Crippen LogP contribution in [0.5, 0.6) is 5.75 Å². The molecule has 8 heteroatoms. The maximum Gasteiger partial charge on any atom is 0.330 e. The molecule has 7 nitrogen and oxygen atoms in total. The summed E-state index contributed by atoms with van der Waals surface area (Å²) in [5.41, 5.74) is 3.21. The first kappa shape index (κ1) is 21.2. The lowest BCUT2D eigenvalue weighted by molar-refractivity contribution is 0.414. The second kappa shape index (κ2) is 9.05. The fourth-order valence-corrected chi connectivity index (χ4v) is 4.50. The van der Waals surface area contributed by atoms with E-state index in [9.17, 15) is 9.18 Å². The summed E-state index contributed by atoms with van der Waals surface area (Å²) >= 11 is 0. The average Bonchev–Trinajstić information content (AvgIpc) is 3.46. The highest BCUT2D eigenvalue weighted by molar-refractivity contribution is 5.72. The summed E-state index contributed by atoms with van der Waals surface area (Å²) in [6.45, 7) is 0.866. The normalized spacial score (nSPS) is 14.1. The van der Waals surface area contributed by atoms with Gasteiger partial charge in [-0.2, -0.15) is 4.98 Å². The molecule has 1 N–H and O–H groups in total. The van der Waals surface area contributed by atoms with Gasteiger partial charge in [-0.15, -0.1) is 0 Å². The molecular formula is C25H26FN5O2. The van der Waals surface area contributed by atoms with Gasteiger partial charge >= 0.3 is 5.69 Å². The van der Waals surface area contributed by atoms with E-state index in [-0.39, 0.29) is 17.5 Å². The van der Waals surface area contributed by atoms with Crippen molar-refractivity contribution in [1.82, 2.24) is 19.1 Å². The molecule has 0 amide bonds. The second-order valence-electron chi connectivity index (χ2n) is 8.41. The number of nitrogens with one attached hydrogen (secondary N) is 1. The van der Waals surface area contributed by atoms with Gasteiger partial charge in [0.2, 0.25) is 5.95 Å². The summed E-state index contributed by atoms with van der Waals surface area (Å²) < 4.78 is 22.0. The van der Waals surface area contributed by atoms with Gasteiger partial charge in [0.1, 0.15) is 17.1 Å². The predicted octanol–water partition coefficient (Wildman–Crippen LogP) is 4.52. The number of anilines is 1. The van der Waals surface area contributed by atoms with Crippen molar-refractivity contribution in [3.05, 3.63) is 82.2 Å². The SMILES string of the molecule is COc1ccc(Cn2c(=O)n(C3CCCC3)c3cnc(NCc4ccc(F)cc4)nc32)cc1. The van der Waals surface area contributed by atoms with Gasteiger partial charge in [0, 0.05) is 12.6 Å². The molecule has 1 aliphatic rings. The molecule has 0 radical (unpaired) electrons. The Morgan fingerprint density at radius 1 is 1.06 bits per heavy atom. The van der Waals surface area contributed by atoms with Crippen LogP contribution >= 0.6 is 0 Å². The number of fused-ring (bicyclic) bond motifs is 1. The van der Waals surface area contributed by atoms with Crippen LogP contribution in [0, 0.1) is 5.82 Å². The zero-order valence-electron chi connectivity index (χ0n) is 18.5. The van der Waals surface area contributed by atoms with Crippen LogP contribution in [0.4, 0.5) is 10.3 Å². The van der Waals surface area contributed by atoms with E-state index in [1.54, 1.807) is 30.0 Å². The highest BCUT2D eigenvalue weighted by atomic mass is 19.1. The Balaban J connectivity index is 1.51. The van der Waals surface area contributed by atoms with E-state index >= 15 is 0 Å². The number of imidazole rings is 1. The summed E-state index contributed by atoms with van der Waals surface area (Å²) in [6, 6.07) is 14.2. The summed E-state index contributed by atoms with van der Waals surface area (Å²) in [5.74, 6) is 0.931. The Morgan fingerprint density at radius 3 is 2.45 bits per heavy atom. The Hall–Kier alpha value is -3.68. The molecule has 1 aliphatic carbocycles. The number of rotatable bonds is 7. The standard InChI is InChI=1S/C25H26FN5O2/c1-33-21-12-8-18(9-13-21)16-30-23-22(31(25(30)32)20-4-2-3-5-20)15-28-24(29-23)27-14-17-6-10-19(26)11-7-17/h6-13,15,20H,2-5,14,16H2,1H3,(H,27,28,29). The fraction of sp³-hybridized carbons (Fsp3) is 0.320. The van der Waals surface area contributed by atoms with Crippen LogP contribution in [-0.2, 0) is 13.1 Å². The molecule has 2 heterocycles. The third-order valence-corrected chi connectivity index (χ3v) is 6.26. The van der Waals surface area contributed by atoms with Crippen molar-refractivity contribution in [2.45, 2.75) is 44.8 Å². The molecule has 33 heavy (non-hydrogen) atoms. The largest absolute Gasteiger partial charge is 0.497 e. The molecule has 0 aliphatic heterocycles. The first-order valence-electron chi connectivity index (χ1n) is 11.2. The van der Waals surface area contributed by atoms with E-state index in [1.807, 2.05) is 28.8 Å². The summed E-state index contributed by atoms with van der Waals surface area (Å²) in [7, 11) is 1.63. The smallest absolute Gasteiger partial charge is 0.330 e. The Labute approximate surface area is 190 Å². The molecule has 5 rings (SSSR count). The Bertz CT molecular complexity index is 1310. The first-order valence-corrected chi connectivity index (χ1v) is 11.2. The van der Waals surface area contributed by atoms with Gasteiger partial charge in [-0.25, -0.2) is 14.2 Å². The average molecular weight is 448 g/mol. The molecular weight excluding hydrogens is 421 g/mol. The molecule has 4 aromatic rings. The van der Waals surface area contributed by atoms with Crippen LogP contribution in [-0.4, -0.2) is 26.2 Å². The van der Waals surface area contributed by atoms with E-state index in [0.717, 1.165) is 48.1 Å². The second-order valence-corrected chi connectivity index (χ2v) is 8.41. The number of methoxy groups -OCH3 is 1. The van der Waals surface area contributed by atoms with Crippen molar-refractivity contribution in [1.29, 1.82) is 0 Å². The van der Waals surface area contributed by atoms with Crippen LogP contribution in [0.1, 0.15) is 42.9 Å². The summed E-state index contributed by atoms with van der Waals surface area (Å²) in [6.07, 6.45) is 5.97. The van der Waals surface area contributed by atoms with E-state index in [4.69, 9.17) is 9.72 Å². The van der Waals surface area contributed by atoms with Gasteiger partial charge in [0.25, 0.3) is 0 Å². The molecule has 0 saturated heterocycles. The highest BCUT2D eigenvalue weighted by Crippen LogP contribution is 2.31. The van der Waals surface area contributed by atoms with Gasteiger partial charge in [-0.05, 0) is 48.2 Å². The molecule has 0 atom stereocenters. The van der Waals surface area contributed by atoms with Crippen molar-refractivity contribution in [3.63, 3.8) is 0 Å². The molecule has 0 spiro atoms. The molecule has 1 saturated carbocycles. The number of halogens is 1. The minimum atomic E-state index is -0.271. The third-order valence-electron chi connectivity index (χ3n) is 6.26. The number of hydrogen-bond acceptors (Lipinski definition) is 5. The molecule has 0 unspecified atom stereocenters. The monoisotopic (exact) mass is 447 g/mol. The molecule has 2 aromatic carbocycles. The maximum absolute atomic E-state index is 13.5. The van der Waals surface area contributed by atoms with Gasteiger partial charge in [0.15, 0.2) is 5.65 Å². The minimum Gasteiger partial charge on any atom is -0.497 e. The molecule has 2 aromatic heterocycles. The minimum absolute atomic E-state index is 0.0577. The number of hydrogen-bond donors (Lipinski definition) is 1. The van der Waals surface area contributed by atoms with E-state index in [1.165, 1.54) is 12.1 Å². The van der Waals surface area contributed by atoms with Crippen molar-refractivity contribution in [2.75, 3.05) is 12.4 Å². The Morgan fingerprint density at radius 2 is 1.76 bits per heavy atom. The zero-order valence-corrected chi connectivity index (χ0v) is 18.5. The quantitative estimate of drug-likeness (QED) is 0.451. The number of benzene rings is 2. The lowest BCUT2D eigenvalue weighted by Gasteiger charge is -2.11. The lowest BCUT2D eigenvalue weighted by Crippen LogP contribution is -2.27. The molecule has 1 fully saturated rings. The number of ether oxygens (including phenoxy) is 1. The topological polar surface area (TPSA) is 74.0 Å². The van der Waals surface area contributed by atoms with Crippen LogP contribution < -0.4 is 15.7 Å². The van der Waals surface area contributed by atoms with Crippen molar-refractivity contribution in [2.24, 2.45) is 0 Å². The van der Waals surface area contributed by atoms with Crippen molar-refractivity contribution >= 4 is 17.1 Å². The number of aromatic nitrogens is 4. The van der Waals surface area contributed by atoms with E-state index in [2.05, 4.69) is 10.3 Å².